The Labute approximate surface area is 253 Å². The van der Waals surface area contributed by atoms with E-state index in [2.05, 4.69) is 27.9 Å². The minimum absolute atomic E-state index is 0.0169. The summed E-state index contributed by atoms with van der Waals surface area (Å²) in [5.41, 5.74) is 0.902. The normalized spacial score (nSPS) is 12.2. The van der Waals surface area contributed by atoms with Crippen LogP contribution in [0.5, 0.6) is 0 Å². The van der Waals surface area contributed by atoms with Gasteiger partial charge in [-0.3, -0.25) is 13.9 Å². The number of halogens is 3. The number of nitrogens with one attached hydrogen (secondary N) is 1. The van der Waals surface area contributed by atoms with Crippen LogP contribution in [0.25, 0.3) is 0 Å². The van der Waals surface area contributed by atoms with Crippen molar-refractivity contribution in [1.82, 2.24) is 10.2 Å². The third-order valence-corrected chi connectivity index (χ3v) is 9.03. The van der Waals surface area contributed by atoms with Gasteiger partial charge < -0.3 is 10.2 Å². The van der Waals surface area contributed by atoms with E-state index in [0.29, 0.717) is 27.8 Å². The van der Waals surface area contributed by atoms with Crippen LogP contribution in [0.2, 0.25) is 10.0 Å². The first kappa shape index (κ1) is 31.2. The smallest absolute Gasteiger partial charge is 0.264 e. The number of sulfonamides is 1. The zero-order valence-electron chi connectivity index (χ0n) is 21.8. The monoisotopic (exact) mass is 701 g/mol. The van der Waals surface area contributed by atoms with Gasteiger partial charge in [-0.1, -0.05) is 61.3 Å². The van der Waals surface area contributed by atoms with Crippen molar-refractivity contribution >= 4 is 73.3 Å². The summed E-state index contributed by atoms with van der Waals surface area (Å²) in [6.07, 6.45) is 0. The highest BCUT2D eigenvalue weighted by molar-refractivity contribution is 14.1. The van der Waals surface area contributed by atoms with Crippen LogP contribution in [-0.4, -0.2) is 44.3 Å². The number of rotatable bonds is 11. The molecule has 0 bridgehead atoms. The second-order valence-electron chi connectivity index (χ2n) is 9.37. The molecular formula is C28H30Cl2IN3O4S. The minimum atomic E-state index is -4.11. The summed E-state index contributed by atoms with van der Waals surface area (Å²) in [7, 11) is -4.11. The highest BCUT2D eigenvalue weighted by Crippen LogP contribution is 2.27. The molecule has 0 saturated heterocycles. The van der Waals surface area contributed by atoms with E-state index in [4.69, 9.17) is 23.2 Å². The zero-order chi connectivity index (χ0) is 28.7. The molecule has 0 aliphatic heterocycles. The van der Waals surface area contributed by atoms with E-state index in [1.54, 1.807) is 67.6 Å². The van der Waals surface area contributed by atoms with Gasteiger partial charge in [0.2, 0.25) is 11.8 Å². The molecule has 0 aliphatic carbocycles. The molecule has 39 heavy (non-hydrogen) atoms. The van der Waals surface area contributed by atoms with E-state index in [1.165, 1.54) is 17.0 Å². The lowest BCUT2D eigenvalue weighted by atomic mass is 10.1. The highest BCUT2D eigenvalue weighted by Gasteiger charge is 2.32. The van der Waals surface area contributed by atoms with E-state index in [-0.39, 0.29) is 23.3 Å². The number of carbonyl (C=O) groups is 2. The molecule has 0 aromatic heterocycles. The van der Waals surface area contributed by atoms with Gasteiger partial charge in [0.25, 0.3) is 10.0 Å². The van der Waals surface area contributed by atoms with Crippen molar-refractivity contribution in [3.05, 3.63) is 92.0 Å². The topological polar surface area (TPSA) is 86.8 Å². The fourth-order valence-electron chi connectivity index (χ4n) is 3.72. The molecule has 208 valence electrons. The number of nitrogens with zero attached hydrogens (tertiary/aromatic N) is 2. The fraction of sp³-hybridized carbons (Fsp3) is 0.286. The molecule has 11 heteroatoms. The number of benzene rings is 3. The molecule has 7 nitrogen and oxygen atoms in total. The molecule has 1 N–H and O–H groups in total. The average molecular weight is 702 g/mol. The van der Waals surface area contributed by atoms with E-state index < -0.39 is 28.5 Å². The van der Waals surface area contributed by atoms with Gasteiger partial charge in [-0.2, -0.15) is 0 Å². The van der Waals surface area contributed by atoms with Crippen molar-refractivity contribution in [2.24, 2.45) is 5.92 Å². The summed E-state index contributed by atoms with van der Waals surface area (Å²) in [5, 5.41) is 3.62. The highest BCUT2D eigenvalue weighted by atomic mass is 127. The maximum Gasteiger partial charge on any atom is 0.264 e. The van der Waals surface area contributed by atoms with Crippen LogP contribution in [0.15, 0.2) is 77.7 Å². The minimum Gasteiger partial charge on any atom is -0.354 e. The van der Waals surface area contributed by atoms with Gasteiger partial charge >= 0.3 is 0 Å². The summed E-state index contributed by atoms with van der Waals surface area (Å²) in [6.45, 7) is 5.44. The Kier molecular flexibility index (Phi) is 11.1. The second kappa shape index (κ2) is 13.8. The molecule has 0 aliphatic rings. The maximum atomic E-state index is 13.9. The Bertz CT molecular complexity index is 1400. The molecule has 0 unspecified atom stereocenters. The Morgan fingerprint density at radius 2 is 1.59 bits per heavy atom. The summed E-state index contributed by atoms with van der Waals surface area (Å²) in [6, 6.07) is 18.7. The molecule has 3 rings (SSSR count). The Morgan fingerprint density at radius 3 is 2.18 bits per heavy atom. The van der Waals surface area contributed by atoms with Gasteiger partial charge in [-0.15, -0.1) is 0 Å². The molecule has 0 saturated carbocycles. The Morgan fingerprint density at radius 1 is 0.949 bits per heavy atom. The van der Waals surface area contributed by atoms with Gasteiger partial charge in [-0.25, -0.2) is 8.42 Å². The van der Waals surface area contributed by atoms with Crippen LogP contribution in [0.3, 0.4) is 0 Å². The van der Waals surface area contributed by atoms with Gasteiger partial charge in [0.15, 0.2) is 0 Å². The number of anilines is 1. The zero-order valence-corrected chi connectivity index (χ0v) is 26.3. The van der Waals surface area contributed by atoms with Crippen molar-refractivity contribution in [2.45, 2.75) is 38.3 Å². The van der Waals surface area contributed by atoms with Crippen molar-refractivity contribution in [3.63, 3.8) is 0 Å². The van der Waals surface area contributed by atoms with Crippen molar-refractivity contribution in [1.29, 1.82) is 0 Å². The first-order chi connectivity index (χ1) is 18.4. The molecule has 0 fully saturated rings. The average Bonchev–Trinajstić information content (AvgIpc) is 2.90. The molecule has 2 amide bonds. The number of carbonyl (C=O) groups excluding carboxylic acids is 2. The van der Waals surface area contributed by atoms with E-state index >= 15 is 0 Å². The Hall–Kier alpha value is -2.34. The number of hydrogen-bond donors (Lipinski definition) is 1. The third kappa shape index (κ3) is 8.33. The summed E-state index contributed by atoms with van der Waals surface area (Å²) >= 11 is 14.6. The molecule has 0 radical (unpaired) electrons. The van der Waals surface area contributed by atoms with E-state index in [9.17, 15) is 18.0 Å². The lowest BCUT2D eigenvalue weighted by Crippen LogP contribution is -2.51. The van der Waals surface area contributed by atoms with Crippen LogP contribution in [0.1, 0.15) is 26.3 Å². The van der Waals surface area contributed by atoms with E-state index in [0.717, 1.165) is 7.88 Å². The van der Waals surface area contributed by atoms with Gasteiger partial charge in [0, 0.05) is 26.7 Å². The van der Waals surface area contributed by atoms with Crippen LogP contribution in [0.4, 0.5) is 5.69 Å². The van der Waals surface area contributed by atoms with Crippen molar-refractivity contribution in [3.8, 4) is 0 Å². The van der Waals surface area contributed by atoms with Crippen molar-refractivity contribution < 1.29 is 18.0 Å². The van der Waals surface area contributed by atoms with Crippen LogP contribution in [0, 0.1) is 9.49 Å². The van der Waals surface area contributed by atoms with Gasteiger partial charge in [0.1, 0.15) is 12.6 Å². The SMILES string of the molecule is CC(C)CNC(=O)[C@H](C)N(Cc1ccc(Cl)cc1Cl)C(=O)CN(c1ccc(I)cc1)S(=O)(=O)c1ccccc1. The lowest BCUT2D eigenvalue weighted by molar-refractivity contribution is -0.139. The molecule has 1 atom stereocenters. The first-order valence-electron chi connectivity index (χ1n) is 12.2. The summed E-state index contributed by atoms with van der Waals surface area (Å²) < 4.78 is 29.5. The van der Waals surface area contributed by atoms with Crippen LogP contribution in [-0.2, 0) is 26.2 Å². The Balaban J connectivity index is 2.01. The van der Waals surface area contributed by atoms with Crippen LogP contribution >= 0.6 is 45.8 Å². The lowest BCUT2D eigenvalue weighted by Gasteiger charge is -2.32. The second-order valence-corrected chi connectivity index (χ2v) is 13.3. The number of amides is 2. The number of hydrogen-bond acceptors (Lipinski definition) is 4. The molecule has 3 aromatic carbocycles. The fourth-order valence-corrected chi connectivity index (χ4v) is 5.99. The third-order valence-electron chi connectivity index (χ3n) is 5.93. The predicted molar refractivity (Wildman–Crippen MR) is 164 cm³/mol. The van der Waals surface area contributed by atoms with Gasteiger partial charge in [-0.05, 0) is 89.5 Å². The maximum absolute atomic E-state index is 13.9. The van der Waals surface area contributed by atoms with Gasteiger partial charge in [0.05, 0.1) is 10.6 Å². The predicted octanol–water partition coefficient (Wildman–Crippen LogP) is 5.98. The van der Waals surface area contributed by atoms with E-state index in [1.807, 2.05) is 13.8 Å². The first-order valence-corrected chi connectivity index (χ1v) is 15.5. The molecular weight excluding hydrogens is 672 g/mol. The molecule has 3 aromatic rings. The largest absolute Gasteiger partial charge is 0.354 e. The quantitative estimate of drug-likeness (QED) is 0.249. The standard InChI is InChI=1S/C28H30Cl2IN3O4S/c1-19(2)16-32-28(36)20(3)33(17-21-9-10-22(29)15-26(21)30)27(35)18-34(24-13-11-23(31)12-14-24)39(37,38)25-7-5-4-6-8-25/h4-15,19-20H,16-18H2,1-3H3,(H,32,36)/t20-/m0/s1. The molecule has 0 heterocycles. The summed E-state index contributed by atoms with van der Waals surface area (Å²) in [4.78, 5) is 28.3. The molecule has 0 spiro atoms. The van der Waals surface area contributed by atoms with Crippen molar-refractivity contribution in [2.75, 3.05) is 17.4 Å². The summed E-state index contributed by atoms with van der Waals surface area (Å²) in [5.74, 6) is -0.705. The van der Waals surface area contributed by atoms with Crippen LogP contribution < -0.4 is 9.62 Å².